The van der Waals surface area contributed by atoms with Gasteiger partial charge in [0.25, 0.3) is 0 Å². The van der Waals surface area contributed by atoms with Crippen molar-refractivity contribution in [1.82, 2.24) is 10.3 Å². The molecule has 0 amide bonds. The van der Waals surface area contributed by atoms with Gasteiger partial charge in [-0.2, -0.15) is 0 Å². The van der Waals surface area contributed by atoms with Crippen molar-refractivity contribution in [1.29, 1.82) is 0 Å². The van der Waals surface area contributed by atoms with Crippen LogP contribution < -0.4 is 5.32 Å². The van der Waals surface area contributed by atoms with Crippen LogP contribution in [0.4, 0.5) is 0 Å². The van der Waals surface area contributed by atoms with Gasteiger partial charge in [-0.1, -0.05) is 6.92 Å². The molecule has 1 heterocycles. The molecule has 0 aliphatic rings. The van der Waals surface area contributed by atoms with E-state index in [-0.39, 0.29) is 0 Å². The van der Waals surface area contributed by atoms with E-state index in [2.05, 4.69) is 22.6 Å². The lowest BCUT2D eigenvalue weighted by Gasteiger charge is -2.07. The van der Waals surface area contributed by atoms with E-state index in [0.29, 0.717) is 11.8 Å². The highest BCUT2D eigenvalue weighted by atomic mass is 35.5. The molecule has 1 atom stereocenters. The van der Waals surface area contributed by atoms with Crippen LogP contribution in [0.5, 0.6) is 0 Å². The zero-order chi connectivity index (χ0) is 9.68. The van der Waals surface area contributed by atoms with Gasteiger partial charge in [0.1, 0.15) is 5.01 Å². The highest BCUT2D eigenvalue weighted by Crippen LogP contribution is 2.08. The minimum atomic E-state index is 0.530. The molecular formula is C9H15ClN2S. The normalized spacial score (nSPS) is 13.2. The van der Waals surface area contributed by atoms with Crippen LogP contribution in [-0.4, -0.2) is 17.4 Å². The fraction of sp³-hybridized carbons (Fsp3) is 0.667. The Balaban J connectivity index is 2.20. The molecule has 2 nitrogen and oxygen atoms in total. The summed E-state index contributed by atoms with van der Waals surface area (Å²) in [6, 6.07) is 0. The second-order valence-electron chi connectivity index (χ2n) is 3.27. The summed E-state index contributed by atoms with van der Waals surface area (Å²) in [4.78, 5) is 4.36. The minimum Gasteiger partial charge on any atom is -0.310 e. The van der Waals surface area contributed by atoms with Gasteiger partial charge in [0.05, 0.1) is 0 Å². The number of thiazole rings is 1. The van der Waals surface area contributed by atoms with Crippen LogP contribution in [0.2, 0.25) is 0 Å². The summed E-state index contributed by atoms with van der Waals surface area (Å²) in [5.41, 5.74) is 1.10. The topological polar surface area (TPSA) is 24.9 Å². The first-order valence-electron chi connectivity index (χ1n) is 4.40. The summed E-state index contributed by atoms with van der Waals surface area (Å²) in [6.07, 6.45) is 0. The van der Waals surface area contributed by atoms with Crippen molar-refractivity contribution in [3.05, 3.63) is 16.1 Å². The Bertz CT molecular complexity index is 250. The Hall–Kier alpha value is -0.120. The van der Waals surface area contributed by atoms with E-state index >= 15 is 0 Å². The van der Waals surface area contributed by atoms with Gasteiger partial charge in [0.15, 0.2) is 0 Å². The van der Waals surface area contributed by atoms with Crippen molar-refractivity contribution in [2.24, 2.45) is 5.92 Å². The molecule has 0 saturated heterocycles. The minimum absolute atomic E-state index is 0.530. The van der Waals surface area contributed by atoms with Crippen LogP contribution in [0.1, 0.15) is 17.6 Å². The molecule has 13 heavy (non-hydrogen) atoms. The van der Waals surface area contributed by atoms with Crippen molar-refractivity contribution >= 4 is 22.9 Å². The molecule has 0 aromatic carbocycles. The largest absolute Gasteiger partial charge is 0.310 e. The fourth-order valence-corrected chi connectivity index (χ4v) is 1.81. The zero-order valence-electron chi connectivity index (χ0n) is 8.01. The van der Waals surface area contributed by atoms with Crippen molar-refractivity contribution in [2.45, 2.75) is 20.4 Å². The SMILES string of the molecule is Cc1csc(CNCC(C)CCl)n1. The maximum Gasteiger partial charge on any atom is 0.107 e. The summed E-state index contributed by atoms with van der Waals surface area (Å²) in [5, 5.41) is 6.55. The molecule has 1 aromatic rings. The summed E-state index contributed by atoms with van der Waals surface area (Å²) >= 11 is 7.39. The Morgan fingerprint density at radius 1 is 1.69 bits per heavy atom. The third kappa shape index (κ3) is 4.07. The number of rotatable bonds is 5. The van der Waals surface area contributed by atoms with Gasteiger partial charge in [-0.25, -0.2) is 4.98 Å². The predicted molar refractivity (Wildman–Crippen MR) is 58.4 cm³/mol. The van der Waals surface area contributed by atoms with Crippen molar-refractivity contribution in [2.75, 3.05) is 12.4 Å². The summed E-state index contributed by atoms with van der Waals surface area (Å²) in [7, 11) is 0. The first-order chi connectivity index (χ1) is 6.22. The van der Waals surface area contributed by atoms with Crippen LogP contribution in [0, 0.1) is 12.8 Å². The third-order valence-electron chi connectivity index (χ3n) is 1.70. The number of alkyl halides is 1. The van der Waals surface area contributed by atoms with E-state index < -0.39 is 0 Å². The molecule has 0 aliphatic heterocycles. The highest BCUT2D eigenvalue weighted by Gasteiger charge is 2.01. The second kappa shape index (κ2) is 5.58. The molecule has 1 rings (SSSR count). The van der Waals surface area contributed by atoms with Gasteiger partial charge >= 0.3 is 0 Å². The second-order valence-corrected chi connectivity index (χ2v) is 4.52. The van der Waals surface area contributed by atoms with Crippen LogP contribution in [-0.2, 0) is 6.54 Å². The number of aryl methyl sites for hydroxylation is 1. The van der Waals surface area contributed by atoms with E-state index in [1.54, 1.807) is 11.3 Å². The lowest BCUT2D eigenvalue weighted by Crippen LogP contribution is -2.21. The molecule has 1 N–H and O–H groups in total. The van der Waals surface area contributed by atoms with E-state index in [1.165, 1.54) is 0 Å². The molecule has 0 bridgehead atoms. The predicted octanol–water partition coefficient (Wildman–Crippen LogP) is 2.42. The number of halogens is 1. The standard InChI is InChI=1S/C9H15ClN2S/c1-7(3-10)4-11-5-9-12-8(2)6-13-9/h6-7,11H,3-5H2,1-2H3. The summed E-state index contributed by atoms with van der Waals surface area (Å²) < 4.78 is 0. The molecule has 1 unspecified atom stereocenters. The molecule has 0 fully saturated rings. The van der Waals surface area contributed by atoms with Crippen molar-refractivity contribution in [3.8, 4) is 0 Å². The van der Waals surface area contributed by atoms with Gasteiger partial charge in [0.2, 0.25) is 0 Å². The lowest BCUT2D eigenvalue weighted by atomic mass is 10.2. The molecule has 0 aliphatic carbocycles. The fourth-order valence-electron chi connectivity index (χ4n) is 0.964. The average Bonchev–Trinajstić information content (AvgIpc) is 2.51. The number of nitrogens with one attached hydrogen (secondary N) is 1. The van der Waals surface area contributed by atoms with E-state index in [1.807, 2.05) is 6.92 Å². The maximum atomic E-state index is 5.68. The van der Waals surface area contributed by atoms with Gasteiger partial charge in [-0.15, -0.1) is 22.9 Å². The first kappa shape index (κ1) is 11.0. The number of aromatic nitrogens is 1. The Labute approximate surface area is 88.3 Å². The lowest BCUT2D eigenvalue weighted by molar-refractivity contribution is 0.556. The van der Waals surface area contributed by atoms with Crippen LogP contribution in [0.15, 0.2) is 5.38 Å². The van der Waals surface area contributed by atoms with Crippen molar-refractivity contribution < 1.29 is 0 Å². The first-order valence-corrected chi connectivity index (χ1v) is 5.81. The molecular weight excluding hydrogens is 204 g/mol. The monoisotopic (exact) mass is 218 g/mol. The molecule has 4 heteroatoms. The molecule has 0 radical (unpaired) electrons. The molecule has 0 spiro atoms. The van der Waals surface area contributed by atoms with E-state index in [0.717, 1.165) is 23.8 Å². The quantitative estimate of drug-likeness (QED) is 0.768. The van der Waals surface area contributed by atoms with E-state index in [9.17, 15) is 0 Å². The van der Waals surface area contributed by atoms with Crippen LogP contribution in [0.25, 0.3) is 0 Å². The van der Waals surface area contributed by atoms with Gasteiger partial charge in [-0.05, 0) is 19.4 Å². The van der Waals surface area contributed by atoms with E-state index in [4.69, 9.17) is 11.6 Å². The van der Waals surface area contributed by atoms with Gasteiger partial charge in [0, 0.05) is 23.5 Å². The highest BCUT2D eigenvalue weighted by molar-refractivity contribution is 7.09. The van der Waals surface area contributed by atoms with Crippen LogP contribution >= 0.6 is 22.9 Å². The number of hydrogen-bond donors (Lipinski definition) is 1. The summed E-state index contributed by atoms with van der Waals surface area (Å²) in [5.74, 6) is 1.24. The van der Waals surface area contributed by atoms with Gasteiger partial charge < -0.3 is 5.32 Å². The molecule has 74 valence electrons. The van der Waals surface area contributed by atoms with Crippen LogP contribution in [0.3, 0.4) is 0 Å². The average molecular weight is 219 g/mol. The van der Waals surface area contributed by atoms with Crippen molar-refractivity contribution in [3.63, 3.8) is 0 Å². The molecule has 0 saturated carbocycles. The maximum absolute atomic E-state index is 5.68. The van der Waals surface area contributed by atoms with Gasteiger partial charge in [-0.3, -0.25) is 0 Å². The summed E-state index contributed by atoms with van der Waals surface area (Å²) in [6.45, 7) is 5.97. The Morgan fingerprint density at radius 2 is 2.46 bits per heavy atom. The Morgan fingerprint density at radius 3 is 3.00 bits per heavy atom. The third-order valence-corrected chi connectivity index (χ3v) is 3.19. The smallest absolute Gasteiger partial charge is 0.107 e. The zero-order valence-corrected chi connectivity index (χ0v) is 9.58. The number of nitrogens with zero attached hydrogens (tertiary/aromatic N) is 1. The number of hydrogen-bond acceptors (Lipinski definition) is 3. The Kier molecular flexibility index (Phi) is 4.70. The molecule has 1 aromatic heterocycles.